The molecule has 3 aromatic heterocycles. The molecule has 1 aromatic carbocycles. The second kappa shape index (κ2) is 7.52. The van der Waals surface area contributed by atoms with Crippen molar-refractivity contribution in [3.8, 4) is 0 Å². The van der Waals surface area contributed by atoms with Gasteiger partial charge in [0.05, 0.1) is 5.52 Å². The number of rotatable bonds is 5. The van der Waals surface area contributed by atoms with Crippen molar-refractivity contribution in [2.24, 2.45) is 0 Å². The molecule has 0 fully saturated rings. The van der Waals surface area contributed by atoms with Crippen LogP contribution in [0.25, 0.3) is 16.5 Å². The number of carbonyl (C=O) groups excluding carboxylic acids is 1. The Hall–Kier alpha value is -3.06. The number of pyridine rings is 1. The lowest BCUT2D eigenvalue weighted by Gasteiger charge is -2.07. The van der Waals surface area contributed by atoms with E-state index < -0.39 is 11.6 Å². The maximum absolute atomic E-state index is 12.7. The van der Waals surface area contributed by atoms with Gasteiger partial charge in [0.1, 0.15) is 12.2 Å². The predicted octanol–water partition coefficient (Wildman–Crippen LogP) is 4.08. The number of hydrogen-bond donors (Lipinski definition) is 0. The lowest BCUT2D eigenvalue weighted by atomic mass is 10.1. The van der Waals surface area contributed by atoms with Crippen LogP contribution < -0.4 is 5.63 Å². The molecule has 0 spiro atoms. The van der Waals surface area contributed by atoms with Crippen LogP contribution in [-0.4, -0.2) is 21.6 Å². The first-order valence-electron chi connectivity index (χ1n) is 8.84. The Morgan fingerprint density at radius 2 is 2.11 bits per heavy atom. The first-order valence-corrected chi connectivity index (χ1v) is 10.1. The lowest BCUT2D eigenvalue weighted by molar-refractivity contribution is 0.0469. The molecule has 142 valence electrons. The highest BCUT2D eigenvalue weighted by atomic mass is 32.2. The number of hydrogen-bond acceptors (Lipinski definition) is 6. The van der Waals surface area contributed by atoms with Crippen LogP contribution in [0.5, 0.6) is 0 Å². The van der Waals surface area contributed by atoms with Crippen molar-refractivity contribution >= 4 is 34.2 Å². The van der Waals surface area contributed by atoms with Gasteiger partial charge in [0.15, 0.2) is 10.9 Å². The monoisotopic (exact) mass is 394 g/mol. The zero-order valence-corrected chi connectivity index (χ0v) is 16.3. The highest BCUT2D eigenvalue weighted by Gasteiger charge is 2.19. The summed E-state index contributed by atoms with van der Waals surface area (Å²) in [5.74, 6) is -0.532. The van der Waals surface area contributed by atoms with Gasteiger partial charge in [0.25, 0.3) is 0 Å². The Balaban J connectivity index is 1.65. The number of nitrogens with zero attached hydrogens (tertiary/aromatic N) is 2. The first-order chi connectivity index (χ1) is 13.6. The number of fused-ring (bicyclic) bond motifs is 2. The van der Waals surface area contributed by atoms with Gasteiger partial charge in [-0.3, -0.25) is 4.40 Å². The Bertz CT molecular complexity index is 1240. The quantitative estimate of drug-likeness (QED) is 0.288. The van der Waals surface area contributed by atoms with Crippen LogP contribution in [0.1, 0.15) is 28.5 Å². The maximum atomic E-state index is 12.7. The van der Waals surface area contributed by atoms with Crippen LogP contribution in [0.3, 0.4) is 0 Å². The second-order valence-corrected chi connectivity index (χ2v) is 7.03. The minimum Gasteiger partial charge on any atom is -0.456 e. The van der Waals surface area contributed by atoms with E-state index in [0.29, 0.717) is 21.8 Å². The molecule has 0 saturated heterocycles. The summed E-state index contributed by atoms with van der Waals surface area (Å²) in [4.78, 5) is 29.0. The van der Waals surface area contributed by atoms with Crippen molar-refractivity contribution < 1.29 is 13.9 Å². The number of benzene rings is 1. The van der Waals surface area contributed by atoms with Crippen molar-refractivity contribution in [3.63, 3.8) is 0 Å². The third kappa shape index (κ3) is 3.29. The van der Waals surface area contributed by atoms with Crippen LogP contribution in [-0.2, 0) is 17.8 Å². The highest BCUT2D eigenvalue weighted by molar-refractivity contribution is 7.98. The van der Waals surface area contributed by atoms with Crippen LogP contribution in [0.4, 0.5) is 0 Å². The smallest absolute Gasteiger partial charge is 0.359 e. The zero-order chi connectivity index (χ0) is 19.7. The summed E-state index contributed by atoms with van der Waals surface area (Å²) < 4.78 is 12.6. The minimum atomic E-state index is -0.532. The summed E-state index contributed by atoms with van der Waals surface area (Å²) in [6.07, 6.45) is 4.59. The summed E-state index contributed by atoms with van der Waals surface area (Å²) in [6.45, 7) is 2.00. The number of ether oxygens (including phenoxy) is 1. The summed E-state index contributed by atoms with van der Waals surface area (Å²) in [5.41, 5.74) is 2.64. The van der Waals surface area contributed by atoms with E-state index >= 15 is 0 Å². The van der Waals surface area contributed by atoms with Gasteiger partial charge in [-0.05, 0) is 36.4 Å². The normalized spacial score (nSPS) is 11.2. The summed E-state index contributed by atoms with van der Waals surface area (Å²) in [6, 6.07) is 12.6. The topological polar surface area (TPSA) is 73.8 Å². The summed E-state index contributed by atoms with van der Waals surface area (Å²) in [7, 11) is 0. The Morgan fingerprint density at radius 3 is 2.89 bits per heavy atom. The van der Waals surface area contributed by atoms with E-state index in [1.807, 2.05) is 60.2 Å². The third-order valence-electron chi connectivity index (χ3n) is 4.55. The van der Waals surface area contributed by atoms with E-state index in [1.54, 1.807) is 0 Å². The largest absolute Gasteiger partial charge is 0.456 e. The van der Waals surface area contributed by atoms with E-state index in [-0.39, 0.29) is 12.3 Å². The lowest BCUT2D eigenvalue weighted by Crippen LogP contribution is -2.09. The fourth-order valence-electron chi connectivity index (χ4n) is 3.13. The van der Waals surface area contributed by atoms with Gasteiger partial charge in [0, 0.05) is 23.2 Å². The van der Waals surface area contributed by atoms with Crippen molar-refractivity contribution in [3.05, 3.63) is 75.9 Å². The number of thioether (sulfide) groups is 1. The van der Waals surface area contributed by atoms with Crippen LogP contribution in [0, 0.1) is 0 Å². The van der Waals surface area contributed by atoms with E-state index in [1.165, 1.54) is 17.8 Å². The van der Waals surface area contributed by atoms with Crippen LogP contribution in [0.15, 0.2) is 63.0 Å². The molecule has 4 rings (SSSR count). The zero-order valence-electron chi connectivity index (χ0n) is 15.5. The summed E-state index contributed by atoms with van der Waals surface area (Å²) in [5, 5.41) is 1.46. The number of carbonyl (C=O) groups is 1. The SMILES string of the molecule is CCc1ccc2c(COC(=O)c3nc(SC)n4ccccc34)cc(=O)oc2c1. The molecule has 0 aliphatic carbocycles. The fraction of sp³-hybridized carbons (Fsp3) is 0.190. The maximum Gasteiger partial charge on any atom is 0.359 e. The molecular weight excluding hydrogens is 376 g/mol. The molecule has 7 heteroatoms. The van der Waals surface area contributed by atoms with Gasteiger partial charge >= 0.3 is 11.6 Å². The molecule has 0 unspecified atom stereocenters. The van der Waals surface area contributed by atoms with Gasteiger partial charge in [-0.15, -0.1) is 0 Å². The average Bonchev–Trinajstić information content (AvgIpc) is 3.10. The standard InChI is InChI=1S/C21H18N2O4S/c1-3-13-7-8-15-14(11-18(24)27-17(15)10-13)12-26-20(25)19-16-6-4-5-9-23(16)21(22-19)28-2/h4-11H,3,12H2,1-2H3. The number of aryl methyl sites for hydroxylation is 1. The first kappa shape index (κ1) is 18.3. The Labute approximate surface area is 165 Å². The molecule has 0 atom stereocenters. The molecular formula is C21H18N2O4S. The van der Waals surface area contributed by atoms with Crippen LogP contribution >= 0.6 is 11.8 Å². The Kier molecular flexibility index (Phi) is 4.92. The predicted molar refractivity (Wildman–Crippen MR) is 108 cm³/mol. The van der Waals surface area contributed by atoms with Gasteiger partial charge in [-0.1, -0.05) is 36.9 Å². The molecule has 3 heterocycles. The Morgan fingerprint density at radius 1 is 1.25 bits per heavy atom. The van der Waals surface area contributed by atoms with Crippen molar-refractivity contribution in [2.75, 3.05) is 6.26 Å². The average molecular weight is 394 g/mol. The summed E-state index contributed by atoms with van der Waals surface area (Å²) >= 11 is 1.45. The third-order valence-corrected chi connectivity index (χ3v) is 5.21. The molecule has 0 N–H and O–H groups in total. The molecule has 0 saturated carbocycles. The number of esters is 1. The van der Waals surface area contributed by atoms with Crippen molar-refractivity contribution in [1.82, 2.24) is 9.38 Å². The molecule has 28 heavy (non-hydrogen) atoms. The minimum absolute atomic E-state index is 0.0349. The number of aromatic nitrogens is 2. The number of imidazole rings is 1. The molecule has 0 bridgehead atoms. The van der Waals surface area contributed by atoms with Gasteiger partial charge in [-0.25, -0.2) is 14.6 Å². The van der Waals surface area contributed by atoms with E-state index in [4.69, 9.17) is 9.15 Å². The van der Waals surface area contributed by atoms with Gasteiger partial charge < -0.3 is 9.15 Å². The van der Waals surface area contributed by atoms with E-state index in [9.17, 15) is 9.59 Å². The van der Waals surface area contributed by atoms with Crippen LogP contribution in [0.2, 0.25) is 0 Å². The second-order valence-electron chi connectivity index (χ2n) is 6.25. The molecule has 0 amide bonds. The van der Waals surface area contributed by atoms with Gasteiger partial charge in [-0.2, -0.15) is 0 Å². The van der Waals surface area contributed by atoms with Crippen molar-refractivity contribution in [2.45, 2.75) is 25.1 Å². The highest BCUT2D eigenvalue weighted by Crippen LogP contribution is 2.23. The van der Waals surface area contributed by atoms with E-state index in [0.717, 1.165) is 17.4 Å². The molecule has 0 radical (unpaired) electrons. The molecule has 4 aromatic rings. The fourth-order valence-corrected chi connectivity index (χ4v) is 3.67. The van der Waals surface area contributed by atoms with E-state index in [2.05, 4.69) is 4.98 Å². The molecule has 0 aliphatic heterocycles. The van der Waals surface area contributed by atoms with Gasteiger partial charge in [0.2, 0.25) is 0 Å². The van der Waals surface area contributed by atoms with Crippen molar-refractivity contribution in [1.29, 1.82) is 0 Å². The molecule has 6 nitrogen and oxygen atoms in total. The molecule has 0 aliphatic rings.